The van der Waals surface area contributed by atoms with E-state index in [1.165, 1.54) is 5.56 Å². The lowest BCUT2D eigenvalue weighted by Gasteiger charge is -2.40. The number of pyridine rings is 1. The first kappa shape index (κ1) is 34.7. The number of fused-ring (bicyclic) bond motifs is 3. The van der Waals surface area contributed by atoms with E-state index in [0.717, 1.165) is 40.2 Å². The van der Waals surface area contributed by atoms with E-state index in [0.29, 0.717) is 36.6 Å². The Morgan fingerprint density at radius 2 is 1.80 bits per heavy atom. The molecule has 3 amide bonds. The van der Waals surface area contributed by atoms with Crippen LogP contribution in [0.25, 0.3) is 21.8 Å². The van der Waals surface area contributed by atoms with Crippen molar-refractivity contribution in [1.29, 1.82) is 0 Å². The van der Waals surface area contributed by atoms with E-state index in [1.807, 2.05) is 77.8 Å². The minimum Gasteiger partial charge on any atom is -0.376 e. The number of carbonyl (C=O) groups is 3. The van der Waals surface area contributed by atoms with Crippen molar-refractivity contribution in [3.8, 4) is 0 Å². The summed E-state index contributed by atoms with van der Waals surface area (Å²) in [4.78, 5) is 53.4. The molecular weight excluding hydrogens is 664 g/mol. The molecule has 0 saturated carbocycles. The molecule has 5 aromatic rings. The maximum absolute atomic E-state index is 14.3. The Hall–Kier alpha value is -4.77. The quantitative estimate of drug-likeness (QED) is 0.146. The summed E-state index contributed by atoms with van der Waals surface area (Å²) >= 11 is 6.19. The van der Waals surface area contributed by atoms with Crippen molar-refractivity contribution < 1.29 is 19.5 Å². The molecule has 2 aliphatic rings. The highest BCUT2D eigenvalue weighted by molar-refractivity contribution is 6.31. The molecule has 0 radical (unpaired) electrons. The molecule has 10 nitrogen and oxygen atoms in total. The van der Waals surface area contributed by atoms with Crippen molar-refractivity contribution in [2.45, 2.75) is 38.0 Å². The Bertz CT molecular complexity index is 2040. The van der Waals surface area contributed by atoms with Crippen LogP contribution in [0.3, 0.4) is 0 Å². The topological polar surface area (TPSA) is 131 Å². The molecule has 264 valence electrons. The molecule has 11 heteroatoms. The average Bonchev–Trinajstić information content (AvgIpc) is 3.77. The predicted molar refractivity (Wildman–Crippen MR) is 198 cm³/mol. The van der Waals surface area contributed by atoms with Gasteiger partial charge in [-0.1, -0.05) is 60.1 Å². The van der Waals surface area contributed by atoms with Crippen LogP contribution in [0.2, 0.25) is 5.02 Å². The highest BCUT2D eigenvalue weighted by atomic mass is 35.5. The van der Waals surface area contributed by atoms with Crippen molar-refractivity contribution in [1.82, 2.24) is 30.4 Å². The van der Waals surface area contributed by atoms with Gasteiger partial charge in [0, 0.05) is 65.4 Å². The molecule has 3 aromatic carbocycles. The number of hydrogen-bond acceptors (Lipinski definition) is 6. The van der Waals surface area contributed by atoms with E-state index in [1.54, 1.807) is 18.1 Å². The number of piperidine rings is 1. The molecule has 7 rings (SSSR count). The Morgan fingerprint density at radius 1 is 0.980 bits per heavy atom. The second-order valence-corrected chi connectivity index (χ2v) is 14.3. The van der Waals surface area contributed by atoms with Crippen molar-refractivity contribution in [2.24, 2.45) is 17.8 Å². The van der Waals surface area contributed by atoms with Crippen LogP contribution >= 0.6 is 11.6 Å². The highest BCUT2D eigenvalue weighted by Gasteiger charge is 2.48. The number of halogens is 1. The normalized spacial score (nSPS) is 19.9. The van der Waals surface area contributed by atoms with Crippen LogP contribution in [-0.2, 0) is 22.4 Å². The SMILES string of the molecule is CNC(O)[C@H](CCCc1ccccc1)NC(=O)C1CN(C(=O)Cc2c[nH]c3cc(Cl)ccc23)CC2CN(C(=O)c3ccc4cccnc4c3)CC21. The standard InChI is InChI=1S/C40H43ClN6O4/c1-42-39(50)34(11-5-9-25-7-3-2-4-8-25)45-38(49)33-24-46(37(48)18-28-20-44-36-19-30(41)14-15-31(28)36)21-29-22-47(23-32(29)33)40(51)27-13-12-26-10-6-16-43-35(26)17-27/h2-4,6-8,10,12-17,19-20,29,32-34,39,42,44,50H,5,9,11,18,21-24H2,1H3,(H,45,49)/t29?,32?,33?,34-,39?/m0/s1. The average molecular weight is 707 g/mol. The van der Waals surface area contributed by atoms with Gasteiger partial charge in [-0.2, -0.15) is 0 Å². The van der Waals surface area contributed by atoms with Gasteiger partial charge in [-0.05, 0) is 79.6 Å². The zero-order chi connectivity index (χ0) is 35.5. The fourth-order valence-electron chi connectivity index (χ4n) is 7.85. The zero-order valence-corrected chi connectivity index (χ0v) is 29.4. The lowest BCUT2D eigenvalue weighted by atomic mass is 9.79. The Balaban J connectivity index is 1.11. The van der Waals surface area contributed by atoms with Crippen LogP contribution in [0.5, 0.6) is 0 Å². The number of amides is 3. The lowest BCUT2D eigenvalue weighted by Crippen LogP contribution is -2.57. The van der Waals surface area contributed by atoms with Gasteiger partial charge in [0.15, 0.2) is 0 Å². The number of carbonyl (C=O) groups excluding carboxylic acids is 3. The van der Waals surface area contributed by atoms with E-state index in [4.69, 9.17) is 11.6 Å². The predicted octanol–water partition coefficient (Wildman–Crippen LogP) is 4.80. The van der Waals surface area contributed by atoms with Crippen LogP contribution in [0.15, 0.2) is 91.3 Å². The van der Waals surface area contributed by atoms with E-state index >= 15 is 0 Å². The second kappa shape index (κ2) is 15.2. The summed E-state index contributed by atoms with van der Waals surface area (Å²) in [5.74, 6) is -1.21. The fraction of sp³-hybridized carbons (Fsp3) is 0.350. The third kappa shape index (κ3) is 7.63. The number of aromatic nitrogens is 2. The van der Waals surface area contributed by atoms with E-state index in [2.05, 4.69) is 32.7 Å². The number of aryl methyl sites for hydroxylation is 1. The van der Waals surface area contributed by atoms with Gasteiger partial charge in [0.1, 0.15) is 6.23 Å². The Labute approximate surface area is 302 Å². The first-order valence-electron chi connectivity index (χ1n) is 17.6. The summed E-state index contributed by atoms with van der Waals surface area (Å²) in [7, 11) is 1.67. The molecule has 4 unspecified atom stereocenters. The number of hydrogen-bond donors (Lipinski definition) is 4. The summed E-state index contributed by atoms with van der Waals surface area (Å²) < 4.78 is 0. The molecule has 2 aromatic heterocycles. The van der Waals surface area contributed by atoms with Gasteiger partial charge in [0.25, 0.3) is 5.91 Å². The van der Waals surface area contributed by atoms with Gasteiger partial charge in [0.05, 0.1) is 23.9 Å². The van der Waals surface area contributed by atoms with Crippen molar-refractivity contribution in [3.63, 3.8) is 0 Å². The van der Waals surface area contributed by atoms with Crippen LogP contribution in [0.1, 0.15) is 34.3 Å². The molecule has 0 bridgehead atoms. The summed E-state index contributed by atoms with van der Waals surface area (Å²) in [6, 6.07) is 24.5. The number of nitrogens with one attached hydrogen (secondary N) is 3. The number of aliphatic hydroxyl groups excluding tert-OH is 1. The van der Waals surface area contributed by atoms with Gasteiger partial charge in [-0.25, -0.2) is 0 Å². The smallest absolute Gasteiger partial charge is 0.253 e. The van der Waals surface area contributed by atoms with Gasteiger partial charge in [0.2, 0.25) is 11.8 Å². The van der Waals surface area contributed by atoms with Crippen LogP contribution in [-0.4, -0.2) is 88.1 Å². The first-order chi connectivity index (χ1) is 24.8. The number of rotatable bonds is 11. The second-order valence-electron chi connectivity index (χ2n) is 13.9. The lowest BCUT2D eigenvalue weighted by molar-refractivity contribution is -0.139. The number of likely N-dealkylation sites (N-methyl/N-ethyl adjacent to an activating group) is 1. The van der Waals surface area contributed by atoms with Crippen LogP contribution in [0, 0.1) is 17.8 Å². The molecule has 51 heavy (non-hydrogen) atoms. The van der Waals surface area contributed by atoms with Crippen LogP contribution < -0.4 is 10.6 Å². The van der Waals surface area contributed by atoms with E-state index < -0.39 is 18.2 Å². The minimum absolute atomic E-state index is 0.0813. The maximum atomic E-state index is 14.3. The summed E-state index contributed by atoms with van der Waals surface area (Å²) in [5, 5.41) is 19.4. The maximum Gasteiger partial charge on any atom is 0.253 e. The molecule has 2 aliphatic heterocycles. The van der Waals surface area contributed by atoms with Gasteiger partial charge < -0.3 is 25.2 Å². The zero-order valence-electron chi connectivity index (χ0n) is 28.6. The number of H-pyrrole nitrogens is 1. The summed E-state index contributed by atoms with van der Waals surface area (Å²) in [6.07, 6.45) is 4.93. The largest absolute Gasteiger partial charge is 0.376 e. The number of nitrogens with zero attached hydrogens (tertiary/aromatic N) is 3. The molecule has 0 spiro atoms. The third-order valence-electron chi connectivity index (χ3n) is 10.6. The summed E-state index contributed by atoms with van der Waals surface area (Å²) in [6.45, 7) is 1.52. The number of likely N-dealkylation sites (tertiary alicyclic amines) is 2. The van der Waals surface area contributed by atoms with Crippen molar-refractivity contribution >= 4 is 51.1 Å². The summed E-state index contributed by atoms with van der Waals surface area (Å²) in [5.41, 5.74) is 4.20. The fourth-order valence-corrected chi connectivity index (χ4v) is 8.03. The van der Waals surface area contributed by atoms with E-state index in [-0.39, 0.29) is 42.5 Å². The van der Waals surface area contributed by atoms with Gasteiger partial charge in [-0.15, -0.1) is 0 Å². The number of aromatic amines is 1. The molecular formula is C40H43ClN6O4. The molecule has 2 saturated heterocycles. The van der Waals surface area contributed by atoms with E-state index in [9.17, 15) is 19.5 Å². The third-order valence-corrected chi connectivity index (χ3v) is 10.8. The number of benzene rings is 3. The van der Waals surface area contributed by atoms with Gasteiger partial charge in [-0.3, -0.25) is 24.7 Å². The Kier molecular flexibility index (Phi) is 10.4. The van der Waals surface area contributed by atoms with Gasteiger partial charge >= 0.3 is 0 Å². The van der Waals surface area contributed by atoms with Crippen LogP contribution in [0.4, 0.5) is 0 Å². The molecule has 4 N–H and O–H groups in total. The molecule has 5 atom stereocenters. The highest BCUT2D eigenvalue weighted by Crippen LogP contribution is 2.37. The Morgan fingerprint density at radius 3 is 2.63 bits per heavy atom. The van der Waals surface area contributed by atoms with Crippen molar-refractivity contribution in [2.75, 3.05) is 33.2 Å². The first-order valence-corrected chi connectivity index (χ1v) is 18.0. The molecule has 0 aliphatic carbocycles. The molecule has 2 fully saturated rings. The van der Waals surface area contributed by atoms with Crippen molar-refractivity contribution in [3.05, 3.63) is 113 Å². The monoisotopic (exact) mass is 706 g/mol. The minimum atomic E-state index is -0.944. The number of aliphatic hydroxyl groups is 1. The molecule has 4 heterocycles.